The van der Waals surface area contributed by atoms with E-state index < -0.39 is 0 Å². The van der Waals surface area contributed by atoms with Crippen molar-refractivity contribution in [1.29, 1.82) is 0 Å². The molecule has 0 aromatic carbocycles. The highest BCUT2D eigenvalue weighted by molar-refractivity contribution is 5.22. The van der Waals surface area contributed by atoms with Crippen molar-refractivity contribution in [2.75, 3.05) is 6.61 Å². The van der Waals surface area contributed by atoms with E-state index in [1.54, 1.807) is 0 Å². The monoisotopic (exact) mass is 234 g/mol. The van der Waals surface area contributed by atoms with Crippen molar-refractivity contribution in [2.45, 2.75) is 45.6 Å². The first-order chi connectivity index (χ1) is 7.94. The maximum atomic E-state index is 6.15. The second kappa shape index (κ2) is 5.68. The summed E-state index contributed by atoms with van der Waals surface area (Å²) in [5.41, 5.74) is 2.11. The van der Waals surface area contributed by atoms with E-state index in [9.17, 15) is 0 Å². The van der Waals surface area contributed by atoms with Crippen LogP contribution in [-0.2, 0) is 4.74 Å². The molecule has 0 amide bonds. The number of ether oxygens (including phenoxy) is 1. The summed E-state index contributed by atoms with van der Waals surface area (Å²) in [4.78, 5) is 0. The molecule has 0 unspecified atom stereocenters. The second-order valence-electron chi connectivity index (χ2n) is 5.56. The van der Waals surface area contributed by atoms with Crippen LogP contribution in [0.25, 0.3) is 0 Å². The van der Waals surface area contributed by atoms with E-state index in [1.165, 1.54) is 12.0 Å². The lowest BCUT2D eigenvalue weighted by Crippen LogP contribution is -2.47. The van der Waals surface area contributed by atoms with E-state index in [-0.39, 0.29) is 5.60 Å². The van der Waals surface area contributed by atoms with E-state index in [4.69, 9.17) is 4.74 Å². The zero-order valence-corrected chi connectivity index (χ0v) is 11.6. The maximum Gasteiger partial charge on any atom is 0.0957 e. The van der Waals surface area contributed by atoms with Crippen LogP contribution in [0.2, 0.25) is 0 Å². The predicted octanol–water partition coefficient (Wildman–Crippen LogP) is 4.52. The number of hydrogen-bond donors (Lipinski definition) is 0. The first kappa shape index (κ1) is 14.2. The molecule has 0 aromatic heterocycles. The van der Waals surface area contributed by atoms with Crippen LogP contribution in [0.4, 0.5) is 0 Å². The minimum Gasteiger partial charge on any atom is -0.366 e. The molecule has 0 saturated heterocycles. The summed E-state index contributed by atoms with van der Waals surface area (Å²) in [6.45, 7) is 19.1. The van der Waals surface area contributed by atoms with Gasteiger partial charge >= 0.3 is 0 Å². The SMILES string of the molecule is C=CCO[C@@]1(C(=C)C)C[C@H](C)CC[C@H]1C(=C)C. The van der Waals surface area contributed by atoms with Crippen LogP contribution in [-0.4, -0.2) is 12.2 Å². The normalized spacial score (nSPS) is 33.1. The molecule has 0 bridgehead atoms. The van der Waals surface area contributed by atoms with E-state index >= 15 is 0 Å². The molecular formula is C16H26O. The number of hydrogen-bond acceptors (Lipinski definition) is 1. The van der Waals surface area contributed by atoms with Gasteiger partial charge in [0.2, 0.25) is 0 Å². The fourth-order valence-electron chi connectivity index (χ4n) is 3.05. The summed E-state index contributed by atoms with van der Waals surface area (Å²) in [5.74, 6) is 1.09. The van der Waals surface area contributed by atoms with E-state index in [1.807, 2.05) is 6.08 Å². The number of rotatable bonds is 5. The molecule has 1 nitrogen and oxygen atoms in total. The maximum absolute atomic E-state index is 6.15. The standard InChI is InChI=1S/C16H26O/c1-7-10-17-16(13(4)5)11-14(6)8-9-15(16)12(2)3/h7,14-15H,1-2,4,8-11H2,3,5-6H3/t14-,15+,16-/m1/s1. The van der Waals surface area contributed by atoms with Crippen molar-refractivity contribution in [1.82, 2.24) is 0 Å². The van der Waals surface area contributed by atoms with Crippen LogP contribution in [0.3, 0.4) is 0 Å². The summed E-state index contributed by atoms with van der Waals surface area (Å²) >= 11 is 0. The molecule has 0 N–H and O–H groups in total. The molecule has 0 radical (unpaired) electrons. The molecule has 1 aliphatic carbocycles. The van der Waals surface area contributed by atoms with Crippen molar-refractivity contribution in [3.63, 3.8) is 0 Å². The third kappa shape index (κ3) is 2.90. The van der Waals surface area contributed by atoms with E-state index in [0.29, 0.717) is 18.4 Å². The van der Waals surface area contributed by atoms with Crippen molar-refractivity contribution < 1.29 is 4.74 Å². The Kier molecular flexibility index (Phi) is 4.76. The van der Waals surface area contributed by atoms with Crippen LogP contribution in [0.15, 0.2) is 37.0 Å². The molecule has 3 atom stereocenters. The van der Waals surface area contributed by atoms with Crippen LogP contribution < -0.4 is 0 Å². The molecule has 1 rings (SSSR count). The highest BCUT2D eigenvalue weighted by Crippen LogP contribution is 2.46. The Labute approximate surface area is 106 Å². The van der Waals surface area contributed by atoms with Crippen molar-refractivity contribution in [3.05, 3.63) is 37.0 Å². The minimum absolute atomic E-state index is 0.225. The average molecular weight is 234 g/mol. The van der Waals surface area contributed by atoms with Crippen LogP contribution in [0.1, 0.15) is 40.0 Å². The molecule has 0 aliphatic heterocycles. The molecule has 1 aliphatic rings. The zero-order chi connectivity index (χ0) is 13.1. The van der Waals surface area contributed by atoms with Crippen molar-refractivity contribution in [3.8, 4) is 0 Å². The third-order valence-corrected chi connectivity index (χ3v) is 3.94. The van der Waals surface area contributed by atoms with Gasteiger partial charge < -0.3 is 4.74 Å². The first-order valence-corrected chi connectivity index (χ1v) is 6.50. The van der Waals surface area contributed by atoms with Gasteiger partial charge in [0.05, 0.1) is 12.2 Å². The Morgan fingerprint density at radius 2 is 2.00 bits per heavy atom. The highest BCUT2D eigenvalue weighted by atomic mass is 16.5. The molecule has 0 aromatic rings. The van der Waals surface area contributed by atoms with Gasteiger partial charge in [0.25, 0.3) is 0 Å². The van der Waals surface area contributed by atoms with Gasteiger partial charge in [-0.3, -0.25) is 0 Å². The second-order valence-corrected chi connectivity index (χ2v) is 5.56. The summed E-state index contributed by atoms with van der Waals surface area (Å²) in [6.07, 6.45) is 5.28. The van der Waals surface area contributed by atoms with Gasteiger partial charge in [-0.05, 0) is 44.6 Å². The van der Waals surface area contributed by atoms with Gasteiger partial charge in [-0.2, -0.15) is 0 Å². The molecule has 0 heterocycles. The Morgan fingerprint density at radius 1 is 1.35 bits per heavy atom. The van der Waals surface area contributed by atoms with Gasteiger partial charge in [0, 0.05) is 5.92 Å². The highest BCUT2D eigenvalue weighted by Gasteiger charge is 2.44. The topological polar surface area (TPSA) is 9.23 Å². The predicted molar refractivity (Wildman–Crippen MR) is 75.0 cm³/mol. The van der Waals surface area contributed by atoms with E-state index in [2.05, 4.69) is 40.5 Å². The molecule has 17 heavy (non-hydrogen) atoms. The van der Waals surface area contributed by atoms with Gasteiger partial charge in [0.15, 0.2) is 0 Å². The molecule has 1 saturated carbocycles. The average Bonchev–Trinajstić information content (AvgIpc) is 2.25. The Balaban J connectivity index is 3.04. The lowest BCUT2D eigenvalue weighted by atomic mass is 9.66. The van der Waals surface area contributed by atoms with Gasteiger partial charge in [-0.1, -0.05) is 31.7 Å². The van der Waals surface area contributed by atoms with Gasteiger partial charge in [0.1, 0.15) is 0 Å². The molecule has 0 spiro atoms. The Bertz CT molecular complexity index is 315. The minimum atomic E-state index is -0.225. The van der Waals surface area contributed by atoms with E-state index in [0.717, 1.165) is 18.4 Å². The van der Waals surface area contributed by atoms with Crippen LogP contribution in [0, 0.1) is 11.8 Å². The summed E-state index contributed by atoms with van der Waals surface area (Å²) in [5, 5.41) is 0. The molecule has 1 heteroatoms. The van der Waals surface area contributed by atoms with Crippen LogP contribution >= 0.6 is 0 Å². The quantitative estimate of drug-likeness (QED) is 0.636. The smallest absolute Gasteiger partial charge is 0.0957 e. The van der Waals surface area contributed by atoms with Crippen LogP contribution in [0.5, 0.6) is 0 Å². The molecular weight excluding hydrogens is 208 g/mol. The van der Waals surface area contributed by atoms with Crippen molar-refractivity contribution in [2.24, 2.45) is 11.8 Å². The Morgan fingerprint density at radius 3 is 2.47 bits per heavy atom. The fourth-order valence-corrected chi connectivity index (χ4v) is 3.05. The Hall–Kier alpha value is -0.820. The lowest BCUT2D eigenvalue weighted by molar-refractivity contribution is -0.0703. The first-order valence-electron chi connectivity index (χ1n) is 6.50. The largest absolute Gasteiger partial charge is 0.366 e. The lowest BCUT2D eigenvalue weighted by Gasteiger charge is -2.47. The van der Waals surface area contributed by atoms with Gasteiger partial charge in [-0.25, -0.2) is 0 Å². The molecule has 96 valence electrons. The fraction of sp³-hybridized carbons (Fsp3) is 0.625. The summed E-state index contributed by atoms with van der Waals surface area (Å²) < 4.78 is 6.15. The zero-order valence-electron chi connectivity index (χ0n) is 11.6. The van der Waals surface area contributed by atoms with Gasteiger partial charge in [-0.15, -0.1) is 6.58 Å². The third-order valence-electron chi connectivity index (χ3n) is 3.94. The molecule has 1 fully saturated rings. The summed E-state index contributed by atoms with van der Waals surface area (Å²) in [7, 11) is 0. The van der Waals surface area contributed by atoms with Crippen molar-refractivity contribution >= 4 is 0 Å². The summed E-state index contributed by atoms with van der Waals surface area (Å²) in [6, 6.07) is 0.